The van der Waals surface area contributed by atoms with Crippen molar-refractivity contribution in [2.75, 3.05) is 13.7 Å². The maximum Gasteiger partial charge on any atom is 0.267 e. The van der Waals surface area contributed by atoms with Gasteiger partial charge in [-0.25, -0.2) is 9.79 Å². The summed E-state index contributed by atoms with van der Waals surface area (Å²) in [6.07, 6.45) is 4.00. The Kier molecular flexibility index (Phi) is 5.75. The second-order valence-electron chi connectivity index (χ2n) is 5.72. The normalized spacial score (nSPS) is 14.3. The molecule has 1 amide bonds. The third-order valence-corrected chi connectivity index (χ3v) is 5.06. The van der Waals surface area contributed by atoms with Crippen molar-refractivity contribution < 1.29 is 14.7 Å². The molecule has 0 radical (unpaired) electrons. The van der Waals surface area contributed by atoms with Gasteiger partial charge in [-0.1, -0.05) is 24.3 Å². The summed E-state index contributed by atoms with van der Waals surface area (Å²) in [5.74, 6) is 0.324. The first-order chi connectivity index (χ1) is 12.2. The van der Waals surface area contributed by atoms with Crippen LogP contribution in [-0.2, 0) is 17.8 Å². The second-order valence-corrected chi connectivity index (χ2v) is 6.89. The molecule has 0 bridgehead atoms. The summed E-state index contributed by atoms with van der Waals surface area (Å²) in [6.45, 7) is 1.82. The highest BCUT2D eigenvalue weighted by atomic mass is 32.2. The fourth-order valence-corrected chi connectivity index (χ4v) is 3.74. The molecule has 0 spiro atoms. The van der Waals surface area contributed by atoms with Gasteiger partial charge in [-0.3, -0.25) is 10.0 Å². The van der Waals surface area contributed by atoms with E-state index in [4.69, 9.17) is 9.94 Å². The number of carbonyl (C=O) groups is 1. The van der Waals surface area contributed by atoms with Crippen LogP contribution >= 0.6 is 11.9 Å². The van der Waals surface area contributed by atoms with Crippen LogP contribution in [0.5, 0.6) is 5.75 Å². The van der Waals surface area contributed by atoms with Gasteiger partial charge in [0.1, 0.15) is 5.75 Å². The Morgan fingerprint density at radius 1 is 1.28 bits per heavy atom. The molecule has 0 aliphatic carbocycles. The number of nitrogens with one attached hydrogen (secondary N) is 1. The van der Waals surface area contributed by atoms with Gasteiger partial charge in [0.05, 0.1) is 7.11 Å². The van der Waals surface area contributed by atoms with E-state index in [0.717, 1.165) is 35.7 Å². The zero-order valence-electron chi connectivity index (χ0n) is 13.9. The zero-order chi connectivity index (χ0) is 17.6. The molecule has 0 atom stereocenters. The highest BCUT2D eigenvalue weighted by molar-refractivity contribution is 7.97. The molecule has 5 nitrogen and oxygen atoms in total. The quantitative estimate of drug-likeness (QED) is 0.373. The monoisotopic (exact) mass is 356 g/mol. The summed E-state index contributed by atoms with van der Waals surface area (Å²) in [5.41, 5.74) is 5.13. The number of nitrogens with zero attached hydrogens (tertiary/aromatic N) is 1. The van der Waals surface area contributed by atoms with Gasteiger partial charge >= 0.3 is 0 Å². The smallest absolute Gasteiger partial charge is 0.267 e. The molecule has 0 aromatic heterocycles. The molecule has 1 aliphatic heterocycles. The minimum Gasteiger partial charge on any atom is -0.497 e. The van der Waals surface area contributed by atoms with Crippen molar-refractivity contribution in [2.45, 2.75) is 17.9 Å². The number of hydrogen-bond donors (Lipinski definition) is 2. The summed E-state index contributed by atoms with van der Waals surface area (Å²) in [4.78, 5) is 12.3. The molecule has 130 valence electrons. The lowest BCUT2D eigenvalue weighted by atomic mass is 9.98. The fraction of sp³-hybridized carbons (Fsp3) is 0.211. The molecule has 3 rings (SSSR count). The predicted molar refractivity (Wildman–Crippen MR) is 98.4 cm³/mol. The van der Waals surface area contributed by atoms with Crippen LogP contribution in [-0.4, -0.2) is 29.1 Å². The molecule has 6 heteroatoms. The van der Waals surface area contributed by atoms with Crippen LogP contribution in [0.3, 0.4) is 0 Å². The van der Waals surface area contributed by atoms with Crippen LogP contribution in [0.25, 0.3) is 6.08 Å². The summed E-state index contributed by atoms with van der Waals surface area (Å²) >= 11 is 1.72. The minimum absolute atomic E-state index is 0.534. The predicted octanol–water partition coefficient (Wildman–Crippen LogP) is 3.28. The van der Waals surface area contributed by atoms with Crippen LogP contribution in [0.4, 0.5) is 0 Å². The highest BCUT2D eigenvalue weighted by Gasteiger charge is 2.17. The SMILES string of the molecule is COc1cccc(SN2CCc3ccc(/C=C/C(=O)NO)cc3C2)c1. The molecule has 0 unspecified atom stereocenters. The number of carbonyl (C=O) groups excluding carboxylic acids is 1. The summed E-state index contributed by atoms with van der Waals surface area (Å²) in [6, 6.07) is 14.2. The first-order valence-electron chi connectivity index (χ1n) is 7.99. The van der Waals surface area contributed by atoms with Crippen LogP contribution in [0.15, 0.2) is 53.4 Å². The second kappa shape index (κ2) is 8.20. The maximum atomic E-state index is 11.1. The van der Waals surface area contributed by atoms with Gasteiger partial charge in [-0.05, 0) is 59.3 Å². The lowest BCUT2D eigenvalue weighted by molar-refractivity contribution is -0.124. The first kappa shape index (κ1) is 17.5. The number of ether oxygens (including phenoxy) is 1. The Hall–Kier alpha value is -2.28. The summed E-state index contributed by atoms with van der Waals surface area (Å²) in [7, 11) is 1.67. The number of fused-ring (bicyclic) bond motifs is 1. The number of rotatable bonds is 5. The van der Waals surface area contributed by atoms with Crippen LogP contribution in [0.1, 0.15) is 16.7 Å². The third-order valence-electron chi connectivity index (χ3n) is 4.02. The van der Waals surface area contributed by atoms with Crippen molar-refractivity contribution >= 4 is 23.9 Å². The van der Waals surface area contributed by atoms with Gasteiger partial charge in [-0.2, -0.15) is 0 Å². The lowest BCUT2D eigenvalue weighted by Gasteiger charge is -2.28. The van der Waals surface area contributed by atoms with Crippen LogP contribution < -0.4 is 10.2 Å². The zero-order valence-corrected chi connectivity index (χ0v) is 14.8. The summed E-state index contributed by atoms with van der Waals surface area (Å²) in [5, 5.41) is 8.55. The Morgan fingerprint density at radius 3 is 2.96 bits per heavy atom. The molecular weight excluding hydrogens is 336 g/mol. The van der Waals surface area contributed by atoms with Gasteiger partial charge < -0.3 is 4.74 Å². The molecule has 0 saturated heterocycles. The number of hydrogen-bond acceptors (Lipinski definition) is 5. The molecule has 1 aliphatic rings. The molecule has 2 N–H and O–H groups in total. The van der Waals surface area contributed by atoms with E-state index in [-0.39, 0.29) is 0 Å². The van der Waals surface area contributed by atoms with E-state index >= 15 is 0 Å². The Labute approximate surface area is 151 Å². The molecule has 25 heavy (non-hydrogen) atoms. The van der Waals surface area contributed by atoms with Crippen molar-refractivity contribution in [1.29, 1.82) is 0 Å². The number of benzene rings is 2. The Balaban J connectivity index is 1.71. The molecule has 0 fully saturated rings. The topological polar surface area (TPSA) is 61.8 Å². The van der Waals surface area contributed by atoms with Gasteiger partial charge in [0, 0.05) is 24.1 Å². The maximum absolute atomic E-state index is 11.1. The largest absolute Gasteiger partial charge is 0.497 e. The molecular formula is C19H20N2O3S. The number of methoxy groups -OCH3 is 1. The van der Waals surface area contributed by atoms with E-state index in [1.165, 1.54) is 17.2 Å². The molecule has 0 saturated carbocycles. The fourth-order valence-electron chi connectivity index (χ4n) is 2.75. The standard InChI is InChI=1S/C19H20N2O3S/c1-24-17-3-2-4-18(12-17)25-21-10-9-15-7-5-14(11-16(15)13-21)6-8-19(22)20-23/h2-8,11-12,23H,9-10,13H2,1H3,(H,20,22)/b8-6+. The van der Waals surface area contributed by atoms with Crippen molar-refractivity contribution in [2.24, 2.45) is 0 Å². The average Bonchev–Trinajstić information content (AvgIpc) is 2.65. The lowest BCUT2D eigenvalue weighted by Crippen LogP contribution is -2.24. The van der Waals surface area contributed by atoms with E-state index in [2.05, 4.69) is 22.5 Å². The van der Waals surface area contributed by atoms with E-state index < -0.39 is 5.91 Å². The Morgan fingerprint density at radius 2 is 2.16 bits per heavy atom. The van der Waals surface area contributed by atoms with Crippen LogP contribution in [0.2, 0.25) is 0 Å². The molecule has 1 heterocycles. The van der Waals surface area contributed by atoms with E-state index in [9.17, 15) is 4.79 Å². The van der Waals surface area contributed by atoms with Crippen LogP contribution in [0, 0.1) is 0 Å². The van der Waals surface area contributed by atoms with E-state index in [1.807, 2.05) is 24.3 Å². The Bertz CT molecular complexity index is 792. The number of amides is 1. The number of hydroxylamine groups is 1. The van der Waals surface area contributed by atoms with Crippen molar-refractivity contribution in [3.8, 4) is 5.75 Å². The van der Waals surface area contributed by atoms with Gasteiger partial charge in [-0.15, -0.1) is 0 Å². The van der Waals surface area contributed by atoms with Gasteiger partial charge in [0.25, 0.3) is 5.91 Å². The molecule has 2 aromatic rings. The van der Waals surface area contributed by atoms with Gasteiger partial charge in [0.15, 0.2) is 0 Å². The van der Waals surface area contributed by atoms with E-state index in [0.29, 0.717) is 0 Å². The first-order valence-corrected chi connectivity index (χ1v) is 8.76. The van der Waals surface area contributed by atoms with E-state index in [1.54, 1.807) is 30.6 Å². The van der Waals surface area contributed by atoms with Crippen molar-refractivity contribution in [3.05, 3.63) is 65.2 Å². The van der Waals surface area contributed by atoms with Crippen molar-refractivity contribution in [1.82, 2.24) is 9.79 Å². The van der Waals surface area contributed by atoms with Gasteiger partial charge in [0.2, 0.25) is 0 Å². The summed E-state index contributed by atoms with van der Waals surface area (Å²) < 4.78 is 7.61. The molecule has 2 aromatic carbocycles. The van der Waals surface area contributed by atoms with Crippen molar-refractivity contribution in [3.63, 3.8) is 0 Å². The average molecular weight is 356 g/mol. The highest BCUT2D eigenvalue weighted by Crippen LogP contribution is 2.31. The third kappa shape index (κ3) is 4.63. The minimum atomic E-state index is -0.534.